The number of rotatable bonds is 6. The number of nitrogens with one attached hydrogen (secondary N) is 1. The van der Waals surface area contributed by atoms with E-state index in [0.29, 0.717) is 18.0 Å². The van der Waals surface area contributed by atoms with E-state index in [1.165, 1.54) is 12.1 Å². The molecular weight excluding hydrogens is 268 g/mol. The van der Waals surface area contributed by atoms with E-state index in [2.05, 4.69) is 10.3 Å². The highest BCUT2D eigenvalue weighted by Gasteiger charge is 2.16. The van der Waals surface area contributed by atoms with Crippen LogP contribution in [0.25, 0.3) is 0 Å². The summed E-state index contributed by atoms with van der Waals surface area (Å²) < 4.78 is 11.0. The molecule has 2 unspecified atom stereocenters. The Morgan fingerprint density at radius 1 is 1.63 bits per heavy atom. The summed E-state index contributed by atoms with van der Waals surface area (Å²) in [5.74, 6) is 0.961. The van der Waals surface area contributed by atoms with Gasteiger partial charge >= 0.3 is 5.69 Å². The van der Waals surface area contributed by atoms with Crippen molar-refractivity contribution in [3.05, 3.63) is 27.9 Å². The quantitative estimate of drug-likeness (QED) is 0.624. The van der Waals surface area contributed by atoms with Crippen molar-refractivity contribution in [2.24, 2.45) is 0 Å². The predicted molar refractivity (Wildman–Crippen MR) is 72.2 cm³/mol. The minimum absolute atomic E-state index is 0.0180. The molecule has 8 heteroatoms. The number of aromatic nitrogens is 1. The maximum absolute atomic E-state index is 11.0. The standard InChI is InChI=1S/C11H14N4O3S/c1-8(5-6-19(2)18)13-11-4-3-10(15(16)17)9(7-12)14-11/h3-4,8H,5-6H2,1-2H3,(H,13,14). The van der Waals surface area contributed by atoms with Gasteiger partial charge in [-0.05, 0) is 19.4 Å². The van der Waals surface area contributed by atoms with Gasteiger partial charge in [0.25, 0.3) is 0 Å². The first-order valence-corrected chi connectivity index (χ1v) is 7.29. The first kappa shape index (κ1) is 15.0. The fourth-order valence-electron chi connectivity index (χ4n) is 1.43. The van der Waals surface area contributed by atoms with Crippen LogP contribution in [0.5, 0.6) is 0 Å². The van der Waals surface area contributed by atoms with E-state index in [1.807, 2.05) is 6.92 Å². The zero-order valence-corrected chi connectivity index (χ0v) is 11.4. The molecule has 0 aromatic carbocycles. The van der Waals surface area contributed by atoms with Crippen LogP contribution in [0, 0.1) is 21.4 Å². The van der Waals surface area contributed by atoms with Crippen LogP contribution in [0.4, 0.5) is 11.5 Å². The van der Waals surface area contributed by atoms with Gasteiger partial charge in [0, 0.05) is 34.9 Å². The van der Waals surface area contributed by atoms with Crippen molar-refractivity contribution in [3.63, 3.8) is 0 Å². The van der Waals surface area contributed by atoms with E-state index in [-0.39, 0.29) is 17.4 Å². The molecule has 0 aliphatic rings. The molecule has 0 bridgehead atoms. The van der Waals surface area contributed by atoms with Crippen molar-refractivity contribution in [3.8, 4) is 6.07 Å². The maximum atomic E-state index is 11.0. The van der Waals surface area contributed by atoms with E-state index < -0.39 is 15.7 Å². The van der Waals surface area contributed by atoms with Crippen LogP contribution in [0.3, 0.4) is 0 Å². The van der Waals surface area contributed by atoms with Crippen molar-refractivity contribution in [2.45, 2.75) is 19.4 Å². The summed E-state index contributed by atoms with van der Waals surface area (Å²) in [6.07, 6.45) is 2.31. The summed E-state index contributed by atoms with van der Waals surface area (Å²) in [6, 6.07) is 4.42. The van der Waals surface area contributed by atoms with Crippen LogP contribution in [-0.2, 0) is 10.8 Å². The molecule has 0 aliphatic carbocycles. The van der Waals surface area contributed by atoms with E-state index in [4.69, 9.17) is 5.26 Å². The smallest absolute Gasteiger partial charge is 0.305 e. The lowest BCUT2D eigenvalue weighted by Crippen LogP contribution is -2.18. The molecule has 1 rings (SSSR count). The lowest BCUT2D eigenvalue weighted by Gasteiger charge is -2.13. The highest BCUT2D eigenvalue weighted by atomic mass is 32.2. The molecule has 19 heavy (non-hydrogen) atoms. The van der Waals surface area contributed by atoms with Gasteiger partial charge < -0.3 is 5.32 Å². The lowest BCUT2D eigenvalue weighted by atomic mass is 10.2. The largest absolute Gasteiger partial charge is 0.368 e. The third-order valence-electron chi connectivity index (χ3n) is 2.41. The third kappa shape index (κ3) is 4.63. The zero-order valence-electron chi connectivity index (χ0n) is 10.6. The molecular formula is C11H14N4O3S. The fraction of sp³-hybridized carbons (Fsp3) is 0.455. The van der Waals surface area contributed by atoms with Gasteiger partial charge in [0.05, 0.1) is 4.92 Å². The first-order chi connectivity index (χ1) is 8.93. The van der Waals surface area contributed by atoms with Gasteiger partial charge in [0.2, 0.25) is 5.69 Å². The molecule has 0 amide bonds. The van der Waals surface area contributed by atoms with Gasteiger partial charge in [-0.15, -0.1) is 0 Å². The summed E-state index contributed by atoms with van der Waals surface area (Å²) in [5, 5.41) is 22.5. The van der Waals surface area contributed by atoms with Gasteiger partial charge in [-0.2, -0.15) is 5.26 Å². The minimum Gasteiger partial charge on any atom is -0.368 e. The fourth-order valence-corrected chi connectivity index (χ4v) is 2.11. The van der Waals surface area contributed by atoms with Gasteiger partial charge in [-0.25, -0.2) is 4.98 Å². The van der Waals surface area contributed by atoms with Crippen molar-refractivity contribution in [1.29, 1.82) is 5.26 Å². The highest BCUT2D eigenvalue weighted by molar-refractivity contribution is 7.84. The molecule has 0 radical (unpaired) electrons. The van der Waals surface area contributed by atoms with Gasteiger partial charge in [0.1, 0.15) is 11.9 Å². The second-order valence-electron chi connectivity index (χ2n) is 4.04. The molecule has 0 saturated heterocycles. The monoisotopic (exact) mass is 282 g/mol. The summed E-state index contributed by atoms with van der Waals surface area (Å²) >= 11 is 0. The lowest BCUT2D eigenvalue weighted by molar-refractivity contribution is -0.385. The molecule has 0 aliphatic heterocycles. The average molecular weight is 282 g/mol. The van der Waals surface area contributed by atoms with Gasteiger partial charge in [0.15, 0.2) is 0 Å². The summed E-state index contributed by atoms with van der Waals surface area (Å²) in [5.41, 5.74) is -0.531. The molecule has 0 saturated carbocycles. The first-order valence-electron chi connectivity index (χ1n) is 5.56. The van der Waals surface area contributed by atoms with E-state index in [9.17, 15) is 14.3 Å². The molecule has 102 valence electrons. The summed E-state index contributed by atoms with van der Waals surface area (Å²) in [4.78, 5) is 13.9. The number of anilines is 1. The van der Waals surface area contributed by atoms with Crippen LogP contribution in [0.1, 0.15) is 19.0 Å². The maximum Gasteiger partial charge on any atom is 0.305 e. The average Bonchev–Trinajstić information content (AvgIpc) is 2.35. The summed E-state index contributed by atoms with van der Waals surface area (Å²) in [7, 11) is -0.862. The number of nitrogens with zero attached hydrogens (tertiary/aromatic N) is 3. The second-order valence-corrected chi connectivity index (χ2v) is 5.60. The third-order valence-corrected chi connectivity index (χ3v) is 3.22. The Morgan fingerprint density at radius 3 is 2.84 bits per heavy atom. The number of nitro groups is 1. The van der Waals surface area contributed by atoms with E-state index in [1.54, 1.807) is 12.3 Å². The molecule has 1 heterocycles. The van der Waals surface area contributed by atoms with Crippen LogP contribution in [0.15, 0.2) is 12.1 Å². The van der Waals surface area contributed by atoms with Gasteiger partial charge in [-0.3, -0.25) is 14.3 Å². The molecule has 0 fully saturated rings. The summed E-state index contributed by atoms with van der Waals surface area (Å²) in [6.45, 7) is 1.89. The normalized spacial score (nSPS) is 13.3. The second kappa shape index (κ2) is 6.80. The van der Waals surface area contributed by atoms with Crippen LogP contribution < -0.4 is 5.32 Å². The Bertz CT molecular complexity index is 541. The zero-order chi connectivity index (χ0) is 14.4. The molecule has 7 nitrogen and oxygen atoms in total. The Kier molecular flexibility index (Phi) is 5.38. The topological polar surface area (TPSA) is 109 Å². The molecule has 1 N–H and O–H groups in total. The predicted octanol–water partition coefficient (Wildman–Crippen LogP) is 1.43. The highest BCUT2D eigenvalue weighted by Crippen LogP contribution is 2.18. The van der Waals surface area contributed by atoms with E-state index in [0.717, 1.165) is 0 Å². The molecule has 1 aromatic rings. The Hall–Kier alpha value is -2.01. The number of hydrogen-bond acceptors (Lipinski definition) is 6. The number of hydrogen-bond donors (Lipinski definition) is 1. The minimum atomic E-state index is -0.862. The number of nitriles is 1. The molecule has 0 spiro atoms. The molecule has 2 atom stereocenters. The Labute approximate surface area is 113 Å². The Balaban J connectivity index is 2.78. The van der Waals surface area contributed by atoms with Crippen LogP contribution in [-0.4, -0.2) is 32.2 Å². The Morgan fingerprint density at radius 2 is 2.32 bits per heavy atom. The SMILES string of the molecule is CC(CCS(C)=O)Nc1ccc([N+](=O)[O-])c(C#N)n1. The van der Waals surface area contributed by atoms with Crippen LogP contribution >= 0.6 is 0 Å². The van der Waals surface area contributed by atoms with Gasteiger partial charge in [-0.1, -0.05) is 0 Å². The number of pyridine rings is 1. The molecule has 1 aromatic heterocycles. The van der Waals surface area contributed by atoms with E-state index >= 15 is 0 Å². The van der Waals surface area contributed by atoms with Crippen molar-refractivity contribution in [2.75, 3.05) is 17.3 Å². The van der Waals surface area contributed by atoms with Crippen molar-refractivity contribution >= 4 is 22.3 Å². The van der Waals surface area contributed by atoms with Crippen molar-refractivity contribution in [1.82, 2.24) is 4.98 Å². The van der Waals surface area contributed by atoms with Crippen molar-refractivity contribution < 1.29 is 9.13 Å². The van der Waals surface area contributed by atoms with Crippen LogP contribution in [0.2, 0.25) is 0 Å².